The highest BCUT2D eigenvalue weighted by atomic mass is 15.0. The first-order valence-corrected chi connectivity index (χ1v) is 12.0. The average Bonchev–Trinajstić information content (AvgIpc) is 3.29. The van der Waals surface area contributed by atoms with Crippen molar-refractivity contribution in [3.8, 4) is 27.9 Å². The van der Waals surface area contributed by atoms with Crippen LogP contribution in [0.25, 0.3) is 60.5 Å². The van der Waals surface area contributed by atoms with Crippen LogP contribution < -0.4 is 0 Å². The molecule has 1 nitrogen and oxygen atoms in total. The molecule has 0 atom stereocenters. The van der Waals surface area contributed by atoms with Gasteiger partial charge in [-0.1, -0.05) is 115 Å². The van der Waals surface area contributed by atoms with Crippen molar-refractivity contribution in [2.45, 2.75) is 0 Å². The molecule has 0 saturated heterocycles. The van der Waals surface area contributed by atoms with Gasteiger partial charge in [0.05, 0.1) is 11.0 Å². The largest absolute Gasteiger partial charge is 0.309 e. The average molecular weight is 446 g/mol. The van der Waals surface area contributed by atoms with Gasteiger partial charge in [0.2, 0.25) is 0 Å². The molecule has 0 amide bonds. The summed E-state index contributed by atoms with van der Waals surface area (Å²) in [6.07, 6.45) is 0. The van der Waals surface area contributed by atoms with Gasteiger partial charge in [-0.2, -0.15) is 0 Å². The van der Waals surface area contributed by atoms with Crippen molar-refractivity contribution in [3.05, 3.63) is 140 Å². The molecule has 35 heavy (non-hydrogen) atoms. The number of aromatic nitrogens is 1. The van der Waals surface area contributed by atoms with Gasteiger partial charge >= 0.3 is 0 Å². The summed E-state index contributed by atoms with van der Waals surface area (Å²) in [5.41, 5.74) is 8.64. The molecule has 1 heterocycles. The van der Waals surface area contributed by atoms with E-state index in [0.29, 0.717) is 0 Å². The lowest BCUT2D eigenvalue weighted by Gasteiger charge is -2.11. The van der Waals surface area contributed by atoms with Crippen molar-refractivity contribution >= 4 is 32.6 Å². The maximum atomic E-state index is 2.40. The van der Waals surface area contributed by atoms with Crippen molar-refractivity contribution in [1.29, 1.82) is 0 Å². The molecule has 7 rings (SSSR count). The molecule has 0 fully saturated rings. The summed E-state index contributed by atoms with van der Waals surface area (Å²) in [6, 6.07) is 50.2. The quantitative estimate of drug-likeness (QED) is 0.255. The van der Waals surface area contributed by atoms with Gasteiger partial charge < -0.3 is 4.57 Å². The number of nitrogens with zero attached hydrogens (tertiary/aromatic N) is 1. The van der Waals surface area contributed by atoms with E-state index in [9.17, 15) is 0 Å². The predicted octanol–water partition coefficient (Wildman–Crippen LogP) is 9.27. The standard InChI is InChI=1S/C34H23N/c1-3-9-24(10-4-1)25-15-17-26(18-16-25)27-19-21-30-28(23-27)20-22-32-31-13-7-8-14-33(31)35(34(30)32)29-11-5-2-6-12-29/h1-23H. The minimum absolute atomic E-state index is 1.19. The molecule has 164 valence electrons. The van der Waals surface area contributed by atoms with Gasteiger partial charge in [-0.15, -0.1) is 0 Å². The number of para-hydroxylation sites is 2. The number of rotatable bonds is 3. The van der Waals surface area contributed by atoms with Gasteiger partial charge in [-0.3, -0.25) is 0 Å². The Morgan fingerprint density at radius 1 is 0.371 bits per heavy atom. The van der Waals surface area contributed by atoms with Gasteiger partial charge in [0.15, 0.2) is 0 Å². The van der Waals surface area contributed by atoms with E-state index < -0.39 is 0 Å². The van der Waals surface area contributed by atoms with Crippen molar-refractivity contribution < 1.29 is 0 Å². The van der Waals surface area contributed by atoms with Gasteiger partial charge in [0, 0.05) is 21.8 Å². The minimum Gasteiger partial charge on any atom is -0.309 e. The van der Waals surface area contributed by atoms with E-state index in [1.807, 2.05) is 0 Å². The summed E-state index contributed by atoms with van der Waals surface area (Å²) >= 11 is 0. The molecule has 1 heteroatoms. The fourth-order valence-electron chi connectivity index (χ4n) is 5.30. The van der Waals surface area contributed by atoms with Crippen LogP contribution in [-0.2, 0) is 0 Å². The second-order valence-corrected chi connectivity index (χ2v) is 9.03. The first-order chi connectivity index (χ1) is 17.4. The van der Waals surface area contributed by atoms with Gasteiger partial charge in [-0.05, 0) is 51.9 Å². The summed E-state index contributed by atoms with van der Waals surface area (Å²) in [5.74, 6) is 0. The van der Waals surface area contributed by atoms with Crippen LogP contribution in [-0.4, -0.2) is 4.57 Å². The van der Waals surface area contributed by atoms with E-state index in [4.69, 9.17) is 0 Å². The summed E-state index contributed by atoms with van der Waals surface area (Å²) < 4.78 is 2.40. The van der Waals surface area contributed by atoms with Crippen LogP contribution in [0.1, 0.15) is 0 Å². The molecule has 0 spiro atoms. The number of benzene rings is 6. The molecule has 0 bridgehead atoms. The summed E-state index contributed by atoms with van der Waals surface area (Å²) in [5, 5.41) is 5.10. The van der Waals surface area contributed by atoms with Gasteiger partial charge in [0.1, 0.15) is 0 Å². The van der Waals surface area contributed by atoms with Crippen LogP contribution in [0, 0.1) is 0 Å². The molecule has 0 radical (unpaired) electrons. The first-order valence-electron chi connectivity index (χ1n) is 12.0. The second-order valence-electron chi connectivity index (χ2n) is 9.03. The fraction of sp³-hybridized carbons (Fsp3) is 0. The van der Waals surface area contributed by atoms with E-state index in [2.05, 4.69) is 144 Å². The van der Waals surface area contributed by atoms with Crippen molar-refractivity contribution in [3.63, 3.8) is 0 Å². The first kappa shape index (κ1) is 19.8. The Kier molecular flexibility index (Phi) is 4.53. The second kappa shape index (κ2) is 8.00. The third kappa shape index (κ3) is 3.25. The van der Waals surface area contributed by atoms with Crippen molar-refractivity contribution in [1.82, 2.24) is 4.57 Å². The molecule has 1 aromatic heterocycles. The molecule has 0 aliphatic carbocycles. The maximum absolute atomic E-state index is 2.40. The number of hydrogen-bond acceptors (Lipinski definition) is 0. The zero-order valence-corrected chi connectivity index (χ0v) is 19.2. The van der Waals surface area contributed by atoms with Crippen LogP contribution in [0.2, 0.25) is 0 Å². The monoisotopic (exact) mass is 445 g/mol. The lowest BCUT2D eigenvalue weighted by Crippen LogP contribution is -1.94. The highest BCUT2D eigenvalue weighted by Crippen LogP contribution is 2.37. The zero-order valence-electron chi connectivity index (χ0n) is 19.2. The van der Waals surface area contributed by atoms with Crippen LogP contribution in [0.4, 0.5) is 0 Å². The van der Waals surface area contributed by atoms with Gasteiger partial charge in [-0.25, -0.2) is 0 Å². The van der Waals surface area contributed by atoms with Crippen LogP contribution in [0.3, 0.4) is 0 Å². The van der Waals surface area contributed by atoms with E-state index in [0.717, 1.165) is 0 Å². The molecule has 0 unspecified atom stereocenters. The maximum Gasteiger partial charge on any atom is 0.0619 e. The van der Waals surface area contributed by atoms with Crippen LogP contribution >= 0.6 is 0 Å². The third-order valence-electron chi connectivity index (χ3n) is 6.99. The predicted molar refractivity (Wildman–Crippen MR) is 149 cm³/mol. The molecule has 0 saturated carbocycles. The summed E-state index contributed by atoms with van der Waals surface area (Å²) in [4.78, 5) is 0. The number of hydrogen-bond donors (Lipinski definition) is 0. The fourth-order valence-corrected chi connectivity index (χ4v) is 5.30. The smallest absolute Gasteiger partial charge is 0.0619 e. The van der Waals surface area contributed by atoms with Crippen LogP contribution in [0.5, 0.6) is 0 Å². The van der Waals surface area contributed by atoms with E-state index >= 15 is 0 Å². The highest BCUT2D eigenvalue weighted by molar-refractivity contribution is 6.18. The lowest BCUT2D eigenvalue weighted by atomic mass is 9.97. The summed E-state index contributed by atoms with van der Waals surface area (Å²) in [7, 11) is 0. The molecule has 6 aromatic carbocycles. The molecular formula is C34H23N. The zero-order chi connectivity index (χ0) is 23.2. The molecule has 7 aromatic rings. The Labute approximate surface area is 204 Å². The SMILES string of the molecule is c1ccc(-c2ccc(-c3ccc4c(ccc5c6ccccc6n(-c6ccccc6)c45)c3)cc2)cc1. The van der Waals surface area contributed by atoms with E-state index in [1.54, 1.807) is 0 Å². The van der Waals surface area contributed by atoms with E-state index in [1.165, 1.54) is 60.5 Å². The topological polar surface area (TPSA) is 4.93 Å². The number of fused-ring (bicyclic) bond motifs is 5. The molecule has 0 N–H and O–H groups in total. The van der Waals surface area contributed by atoms with Gasteiger partial charge in [0.25, 0.3) is 0 Å². The summed E-state index contributed by atoms with van der Waals surface area (Å²) in [6.45, 7) is 0. The molecule has 0 aliphatic heterocycles. The highest BCUT2D eigenvalue weighted by Gasteiger charge is 2.15. The Morgan fingerprint density at radius 3 is 1.71 bits per heavy atom. The van der Waals surface area contributed by atoms with Crippen molar-refractivity contribution in [2.24, 2.45) is 0 Å². The Hall–Kier alpha value is -4.62. The Morgan fingerprint density at radius 2 is 0.943 bits per heavy atom. The Bertz CT molecular complexity index is 1810. The Balaban J connectivity index is 1.41. The lowest BCUT2D eigenvalue weighted by molar-refractivity contribution is 1.19. The molecular weight excluding hydrogens is 422 g/mol. The van der Waals surface area contributed by atoms with E-state index in [-0.39, 0.29) is 0 Å². The minimum atomic E-state index is 1.19. The van der Waals surface area contributed by atoms with Crippen molar-refractivity contribution in [2.75, 3.05) is 0 Å². The van der Waals surface area contributed by atoms with Crippen LogP contribution in [0.15, 0.2) is 140 Å². The normalized spacial score (nSPS) is 11.4. The molecule has 0 aliphatic rings. The third-order valence-corrected chi connectivity index (χ3v) is 6.99.